The summed E-state index contributed by atoms with van der Waals surface area (Å²) in [5.41, 5.74) is 5.56. The maximum Gasteiger partial charge on any atom is 0.253 e. The predicted octanol–water partition coefficient (Wildman–Crippen LogP) is 1.81. The molecule has 0 fully saturated rings. The molecular weight excluding hydrogens is 235 g/mol. The van der Waals surface area contributed by atoms with Crippen LogP contribution in [-0.2, 0) is 4.74 Å². The molecule has 100 valence electrons. The number of nitrogens with one attached hydrogen (secondary N) is 1. The summed E-state index contributed by atoms with van der Waals surface area (Å²) in [6.07, 6.45) is 0. The van der Waals surface area contributed by atoms with Crippen molar-refractivity contribution >= 4 is 11.6 Å². The SMILES string of the molecule is COCC(NC(=O)c1cccc(F)c1N)C(C)C. The molecule has 1 aromatic rings. The van der Waals surface area contributed by atoms with Crippen LogP contribution in [0.15, 0.2) is 18.2 Å². The van der Waals surface area contributed by atoms with Gasteiger partial charge >= 0.3 is 0 Å². The van der Waals surface area contributed by atoms with Crippen LogP contribution in [-0.4, -0.2) is 25.7 Å². The van der Waals surface area contributed by atoms with E-state index in [9.17, 15) is 9.18 Å². The lowest BCUT2D eigenvalue weighted by atomic mass is 10.0. The number of halogens is 1. The van der Waals surface area contributed by atoms with Crippen LogP contribution in [0.3, 0.4) is 0 Å². The van der Waals surface area contributed by atoms with Crippen LogP contribution in [0.4, 0.5) is 10.1 Å². The van der Waals surface area contributed by atoms with E-state index in [1.807, 2.05) is 13.8 Å². The molecule has 0 saturated heterocycles. The number of hydrogen-bond donors (Lipinski definition) is 2. The Kier molecular flexibility index (Phi) is 5.09. The third-order valence-electron chi connectivity index (χ3n) is 2.76. The lowest BCUT2D eigenvalue weighted by molar-refractivity contribution is 0.0867. The van der Waals surface area contributed by atoms with Crippen LogP contribution in [0.25, 0.3) is 0 Å². The number of nitrogens with two attached hydrogens (primary N) is 1. The summed E-state index contributed by atoms with van der Waals surface area (Å²) >= 11 is 0. The Hall–Kier alpha value is -1.62. The summed E-state index contributed by atoms with van der Waals surface area (Å²) in [7, 11) is 1.57. The molecule has 0 saturated carbocycles. The van der Waals surface area contributed by atoms with E-state index in [0.29, 0.717) is 6.61 Å². The normalized spacial score (nSPS) is 12.5. The molecule has 18 heavy (non-hydrogen) atoms. The number of ether oxygens (including phenoxy) is 1. The van der Waals surface area contributed by atoms with Gasteiger partial charge in [0.2, 0.25) is 0 Å². The van der Waals surface area contributed by atoms with Gasteiger partial charge < -0.3 is 15.8 Å². The molecule has 0 heterocycles. The highest BCUT2D eigenvalue weighted by molar-refractivity contribution is 5.99. The average Bonchev–Trinajstić information content (AvgIpc) is 2.31. The molecule has 1 unspecified atom stereocenters. The van der Waals surface area contributed by atoms with E-state index in [2.05, 4.69) is 5.32 Å². The molecule has 1 amide bonds. The molecule has 5 heteroatoms. The van der Waals surface area contributed by atoms with Gasteiger partial charge in [-0.15, -0.1) is 0 Å². The van der Waals surface area contributed by atoms with Gasteiger partial charge in [0.05, 0.1) is 23.9 Å². The third kappa shape index (κ3) is 3.43. The average molecular weight is 254 g/mol. The van der Waals surface area contributed by atoms with Crippen molar-refractivity contribution in [2.75, 3.05) is 19.5 Å². The minimum Gasteiger partial charge on any atom is -0.396 e. The summed E-state index contributed by atoms with van der Waals surface area (Å²) in [5, 5.41) is 2.79. The van der Waals surface area contributed by atoms with Crippen molar-refractivity contribution in [1.29, 1.82) is 0 Å². The summed E-state index contributed by atoms with van der Waals surface area (Å²) in [6, 6.07) is 4.05. The molecule has 0 bridgehead atoms. The molecule has 4 nitrogen and oxygen atoms in total. The molecular formula is C13H19FN2O2. The molecule has 1 atom stereocenters. The lowest BCUT2D eigenvalue weighted by Gasteiger charge is -2.21. The van der Waals surface area contributed by atoms with Crippen molar-refractivity contribution in [3.8, 4) is 0 Å². The molecule has 0 aliphatic heterocycles. The molecule has 3 N–H and O–H groups in total. The lowest BCUT2D eigenvalue weighted by Crippen LogP contribution is -2.41. The smallest absolute Gasteiger partial charge is 0.253 e. The van der Waals surface area contributed by atoms with Gasteiger partial charge in [-0.2, -0.15) is 0 Å². The first-order chi connectivity index (χ1) is 8.47. The topological polar surface area (TPSA) is 64.3 Å². The predicted molar refractivity (Wildman–Crippen MR) is 68.8 cm³/mol. The second-order valence-electron chi connectivity index (χ2n) is 4.48. The third-order valence-corrected chi connectivity index (χ3v) is 2.76. The zero-order valence-electron chi connectivity index (χ0n) is 10.9. The van der Waals surface area contributed by atoms with Crippen LogP contribution >= 0.6 is 0 Å². The number of nitrogen functional groups attached to an aromatic ring is 1. The van der Waals surface area contributed by atoms with Crippen molar-refractivity contribution in [1.82, 2.24) is 5.32 Å². The van der Waals surface area contributed by atoms with Crippen molar-refractivity contribution in [2.45, 2.75) is 19.9 Å². The number of carbonyl (C=O) groups is 1. The van der Waals surface area contributed by atoms with Crippen LogP contribution in [0.5, 0.6) is 0 Å². The van der Waals surface area contributed by atoms with E-state index in [1.165, 1.54) is 18.2 Å². The fourth-order valence-electron chi connectivity index (χ4n) is 1.56. The van der Waals surface area contributed by atoms with E-state index >= 15 is 0 Å². The highest BCUT2D eigenvalue weighted by atomic mass is 19.1. The molecule has 0 aliphatic rings. The first-order valence-electron chi connectivity index (χ1n) is 5.81. The maximum absolute atomic E-state index is 13.3. The second kappa shape index (κ2) is 6.35. The highest BCUT2D eigenvalue weighted by Crippen LogP contribution is 2.16. The largest absolute Gasteiger partial charge is 0.396 e. The van der Waals surface area contributed by atoms with Crippen molar-refractivity contribution < 1.29 is 13.9 Å². The van der Waals surface area contributed by atoms with Crippen molar-refractivity contribution in [3.63, 3.8) is 0 Å². The molecule has 0 aromatic heterocycles. The zero-order valence-corrected chi connectivity index (χ0v) is 10.9. The molecule has 0 radical (unpaired) electrons. The van der Waals surface area contributed by atoms with E-state index in [0.717, 1.165) is 0 Å². The Labute approximate surface area is 106 Å². The monoisotopic (exact) mass is 254 g/mol. The highest BCUT2D eigenvalue weighted by Gasteiger charge is 2.19. The van der Waals surface area contributed by atoms with Crippen molar-refractivity contribution in [2.24, 2.45) is 5.92 Å². The van der Waals surface area contributed by atoms with Crippen LogP contribution in [0.1, 0.15) is 24.2 Å². The number of amides is 1. The van der Waals surface area contributed by atoms with Crippen LogP contribution in [0, 0.1) is 11.7 Å². The van der Waals surface area contributed by atoms with Crippen LogP contribution < -0.4 is 11.1 Å². The number of para-hydroxylation sites is 1. The first kappa shape index (κ1) is 14.4. The van der Waals surface area contributed by atoms with Gasteiger partial charge in [-0.25, -0.2) is 4.39 Å². The maximum atomic E-state index is 13.3. The number of hydrogen-bond acceptors (Lipinski definition) is 3. The van der Waals surface area contributed by atoms with E-state index in [-0.39, 0.29) is 29.1 Å². The first-order valence-corrected chi connectivity index (χ1v) is 5.81. The number of carbonyl (C=O) groups excluding carboxylic acids is 1. The minimum absolute atomic E-state index is 0.130. The fourth-order valence-corrected chi connectivity index (χ4v) is 1.56. The number of anilines is 1. The van der Waals surface area contributed by atoms with Crippen LogP contribution in [0.2, 0.25) is 0 Å². The molecule has 0 spiro atoms. The van der Waals surface area contributed by atoms with E-state index in [1.54, 1.807) is 7.11 Å². The van der Waals surface area contributed by atoms with Gasteiger partial charge in [-0.3, -0.25) is 4.79 Å². The molecule has 0 aliphatic carbocycles. The van der Waals surface area contributed by atoms with Gasteiger partial charge in [-0.1, -0.05) is 19.9 Å². The van der Waals surface area contributed by atoms with Crippen molar-refractivity contribution in [3.05, 3.63) is 29.6 Å². The summed E-state index contributed by atoms with van der Waals surface area (Å²) in [4.78, 5) is 12.0. The van der Waals surface area contributed by atoms with Gasteiger partial charge in [0.25, 0.3) is 5.91 Å². The second-order valence-corrected chi connectivity index (χ2v) is 4.48. The molecule has 1 rings (SSSR count). The fraction of sp³-hybridized carbons (Fsp3) is 0.462. The Morgan fingerprint density at radius 2 is 2.17 bits per heavy atom. The van der Waals surface area contributed by atoms with E-state index in [4.69, 9.17) is 10.5 Å². The van der Waals surface area contributed by atoms with Gasteiger partial charge in [0.1, 0.15) is 5.82 Å². The quantitative estimate of drug-likeness (QED) is 0.788. The van der Waals surface area contributed by atoms with Gasteiger partial charge in [0, 0.05) is 7.11 Å². The van der Waals surface area contributed by atoms with E-state index < -0.39 is 5.82 Å². The number of methoxy groups -OCH3 is 1. The zero-order chi connectivity index (χ0) is 13.7. The summed E-state index contributed by atoms with van der Waals surface area (Å²) in [6.45, 7) is 4.34. The Morgan fingerprint density at radius 3 is 2.72 bits per heavy atom. The molecule has 1 aromatic carbocycles. The Bertz CT molecular complexity index is 421. The van der Waals surface area contributed by atoms with Gasteiger partial charge in [-0.05, 0) is 18.1 Å². The van der Waals surface area contributed by atoms with Gasteiger partial charge in [0.15, 0.2) is 0 Å². The minimum atomic E-state index is -0.588. The summed E-state index contributed by atoms with van der Waals surface area (Å²) < 4.78 is 18.3. The Balaban J connectivity index is 2.84. The number of rotatable bonds is 5. The number of benzene rings is 1. The Morgan fingerprint density at radius 1 is 1.50 bits per heavy atom. The standard InChI is InChI=1S/C13H19FN2O2/c1-8(2)11(7-18-3)16-13(17)9-5-4-6-10(14)12(9)15/h4-6,8,11H,7,15H2,1-3H3,(H,16,17). The summed E-state index contributed by atoms with van der Waals surface area (Å²) in [5.74, 6) is -0.762.